The van der Waals surface area contributed by atoms with Gasteiger partial charge < -0.3 is 0 Å². The molecule has 2 N–H and O–H groups in total. The van der Waals surface area contributed by atoms with Crippen LogP contribution in [0.5, 0.6) is 0 Å². The molecule has 0 aliphatic carbocycles. The highest BCUT2D eigenvalue weighted by atomic mass is 35.5. The maximum Gasteiger partial charge on any atom is 0.272 e. The van der Waals surface area contributed by atoms with Gasteiger partial charge in [-0.3, -0.25) is 15.2 Å². The number of nitrogens with one attached hydrogen (secondary N) is 2. The van der Waals surface area contributed by atoms with Crippen LogP contribution in [-0.2, 0) is 0 Å². The first-order valence-electron chi connectivity index (χ1n) is 11.9. The summed E-state index contributed by atoms with van der Waals surface area (Å²) in [4.78, 5) is 12.3. The average molecular weight is 505 g/mol. The predicted molar refractivity (Wildman–Crippen MR) is 151 cm³/mol. The number of carbonyl (C=O) groups excluding carboxylic acids is 1. The van der Waals surface area contributed by atoms with Crippen LogP contribution in [0.4, 0.5) is 5.69 Å². The van der Waals surface area contributed by atoms with Gasteiger partial charge in [0.2, 0.25) is 0 Å². The number of hydrogen-bond donors (Lipinski definition) is 2. The number of halogens is 1. The summed E-state index contributed by atoms with van der Waals surface area (Å²) in [7, 11) is 0. The van der Waals surface area contributed by atoms with Crippen molar-refractivity contribution in [3.05, 3.63) is 154 Å². The van der Waals surface area contributed by atoms with Crippen LogP contribution in [0.15, 0.2) is 132 Å². The highest BCUT2D eigenvalue weighted by Crippen LogP contribution is 2.32. The first kappa shape index (κ1) is 24.1. The number of amides is 1. The lowest BCUT2D eigenvalue weighted by molar-refractivity contribution is 0.0955. The molecule has 0 bridgehead atoms. The van der Waals surface area contributed by atoms with E-state index in [1.165, 1.54) is 5.56 Å². The van der Waals surface area contributed by atoms with E-state index in [2.05, 4.69) is 75.6 Å². The number of nitrogens with zero attached hydrogens (tertiary/aromatic N) is 2. The third kappa shape index (κ3) is 5.97. The Morgan fingerprint density at radius 3 is 2.22 bits per heavy atom. The Hall–Kier alpha value is -4.61. The number of anilines is 1. The van der Waals surface area contributed by atoms with Gasteiger partial charge in [-0.25, -0.2) is 5.43 Å². The molecular weight excluding hydrogens is 480 g/mol. The molecule has 4 aromatic rings. The zero-order valence-corrected chi connectivity index (χ0v) is 20.7. The van der Waals surface area contributed by atoms with Crippen molar-refractivity contribution >= 4 is 35.5 Å². The highest BCUT2D eigenvalue weighted by molar-refractivity contribution is 6.33. The van der Waals surface area contributed by atoms with E-state index in [-0.39, 0.29) is 11.9 Å². The molecule has 0 spiro atoms. The van der Waals surface area contributed by atoms with Gasteiger partial charge in [0.25, 0.3) is 5.91 Å². The van der Waals surface area contributed by atoms with E-state index in [0.29, 0.717) is 10.6 Å². The first-order chi connectivity index (χ1) is 18.2. The Morgan fingerprint density at radius 1 is 0.811 bits per heavy atom. The molecule has 0 fully saturated rings. The van der Waals surface area contributed by atoms with E-state index in [1.807, 2.05) is 48.5 Å². The minimum absolute atomic E-state index is 0.0334. The van der Waals surface area contributed by atoms with E-state index in [0.717, 1.165) is 22.5 Å². The highest BCUT2D eigenvalue weighted by Gasteiger charge is 2.25. The van der Waals surface area contributed by atoms with Crippen molar-refractivity contribution in [3.8, 4) is 0 Å². The van der Waals surface area contributed by atoms with Crippen LogP contribution in [0.3, 0.4) is 0 Å². The molecule has 0 aromatic heterocycles. The summed E-state index contributed by atoms with van der Waals surface area (Å²) >= 11 is 6.08. The zero-order chi connectivity index (χ0) is 25.5. The first-order valence-corrected chi connectivity index (χ1v) is 12.3. The number of hydrazine groups is 1. The lowest BCUT2D eigenvalue weighted by Gasteiger charge is -2.27. The van der Waals surface area contributed by atoms with Crippen LogP contribution in [-0.4, -0.2) is 12.1 Å². The summed E-state index contributed by atoms with van der Waals surface area (Å²) in [5.74, 6) is -0.354. The van der Waals surface area contributed by atoms with Crippen molar-refractivity contribution in [1.82, 2.24) is 10.9 Å². The van der Waals surface area contributed by atoms with Crippen molar-refractivity contribution < 1.29 is 4.79 Å². The summed E-state index contributed by atoms with van der Waals surface area (Å²) in [6.07, 6.45) is 8.01. The van der Waals surface area contributed by atoms with Crippen LogP contribution in [0.2, 0.25) is 5.02 Å². The Labute approximate surface area is 221 Å². The van der Waals surface area contributed by atoms with Gasteiger partial charge >= 0.3 is 0 Å². The van der Waals surface area contributed by atoms with Crippen LogP contribution >= 0.6 is 11.6 Å². The molecule has 1 amide bonds. The molecule has 37 heavy (non-hydrogen) atoms. The van der Waals surface area contributed by atoms with Gasteiger partial charge in [-0.2, -0.15) is 5.10 Å². The van der Waals surface area contributed by atoms with Crippen LogP contribution in [0.25, 0.3) is 6.08 Å². The average Bonchev–Trinajstić information content (AvgIpc) is 3.38. The van der Waals surface area contributed by atoms with Crippen LogP contribution in [0, 0.1) is 0 Å². The van der Waals surface area contributed by atoms with Gasteiger partial charge in [0, 0.05) is 0 Å². The molecule has 4 aromatic carbocycles. The number of hydrazone groups is 1. The fraction of sp³-hybridized carbons (Fsp3) is 0.0323. The molecule has 5 nitrogen and oxygen atoms in total. The van der Waals surface area contributed by atoms with Gasteiger partial charge in [-0.15, -0.1) is 0 Å². The van der Waals surface area contributed by atoms with Crippen LogP contribution < -0.4 is 15.9 Å². The molecule has 0 radical (unpaired) electrons. The fourth-order valence-corrected chi connectivity index (χ4v) is 4.27. The Balaban J connectivity index is 1.30. The summed E-state index contributed by atoms with van der Waals surface area (Å²) in [6, 6.07) is 35.5. The molecule has 5 rings (SSSR count). The van der Waals surface area contributed by atoms with Crippen molar-refractivity contribution in [1.29, 1.82) is 0 Å². The predicted octanol–water partition coefficient (Wildman–Crippen LogP) is 6.77. The van der Waals surface area contributed by atoms with Crippen molar-refractivity contribution in [2.24, 2.45) is 5.10 Å². The molecule has 1 unspecified atom stereocenters. The quantitative estimate of drug-likeness (QED) is 0.216. The largest absolute Gasteiger partial charge is 0.298 e. The normalized spacial score (nSPS) is 15.1. The molecule has 1 aliphatic heterocycles. The minimum Gasteiger partial charge on any atom is -0.298 e. The van der Waals surface area contributed by atoms with Gasteiger partial charge in [0.15, 0.2) is 0 Å². The van der Waals surface area contributed by atoms with Crippen LogP contribution in [0.1, 0.15) is 33.1 Å². The molecule has 6 heteroatoms. The summed E-state index contributed by atoms with van der Waals surface area (Å²) in [6.45, 7) is 0. The van der Waals surface area contributed by atoms with E-state index >= 15 is 0 Å². The number of hydrogen-bond acceptors (Lipinski definition) is 4. The molecule has 1 atom stereocenters. The monoisotopic (exact) mass is 504 g/mol. The molecular formula is C31H25ClN4O. The lowest BCUT2D eigenvalue weighted by atomic mass is 10.1. The third-order valence-corrected chi connectivity index (χ3v) is 6.26. The number of rotatable bonds is 7. The summed E-state index contributed by atoms with van der Waals surface area (Å²) < 4.78 is 0. The lowest BCUT2D eigenvalue weighted by Crippen LogP contribution is -2.34. The van der Waals surface area contributed by atoms with Crippen molar-refractivity contribution in [2.75, 3.05) is 5.01 Å². The van der Waals surface area contributed by atoms with Gasteiger partial charge in [-0.05, 0) is 53.1 Å². The minimum atomic E-state index is -0.354. The van der Waals surface area contributed by atoms with Gasteiger partial charge in [-0.1, -0.05) is 103 Å². The Bertz CT molecular complexity index is 1450. The van der Waals surface area contributed by atoms with Gasteiger partial charge in [0.05, 0.1) is 34.2 Å². The van der Waals surface area contributed by atoms with E-state index in [4.69, 9.17) is 11.6 Å². The number of carbonyl (C=O) groups is 1. The Morgan fingerprint density at radius 2 is 1.49 bits per heavy atom. The molecule has 1 heterocycles. The molecule has 0 saturated carbocycles. The molecule has 182 valence electrons. The van der Waals surface area contributed by atoms with E-state index in [9.17, 15) is 4.79 Å². The summed E-state index contributed by atoms with van der Waals surface area (Å²) in [5, 5.41) is 6.61. The van der Waals surface area contributed by atoms with Crippen molar-refractivity contribution in [3.63, 3.8) is 0 Å². The maximum atomic E-state index is 12.3. The smallest absolute Gasteiger partial charge is 0.272 e. The number of allylic oxidation sites excluding steroid dienone is 1. The zero-order valence-electron chi connectivity index (χ0n) is 20.0. The SMILES string of the molecule is O=C(NN=Cc1ccc(N2NC(C=Cc3ccccc3)=CC2c2ccccc2)cc1)c1ccccc1Cl. The third-order valence-electron chi connectivity index (χ3n) is 5.93. The summed E-state index contributed by atoms with van der Waals surface area (Å²) in [5.41, 5.74) is 11.7. The topological polar surface area (TPSA) is 56.7 Å². The molecule has 1 aliphatic rings. The maximum absolute atomic E-state index is 12.3. The Kier molecular flexibility index (Phi) is 7.44. The van der Waals surface area contributed by atoms with Gasteiger partial charge in [0.1, 0.15) is 0 Å². The number of benzene rings is 4. The second kappa shape index (κ2) is 11.4. The second-order valence-corrected chi connectivity index (χ2v) is 8.88. The van der Waals surface area contributed by atoms with E-state index < -0.39 is 0 Å². The fourth-order valence-electron chi connectivity index (χ4n) is 4.05. The molecule has 0 saturated heterocycles. The standard InChI is InChI=1S/C31H25ClN4O/c32-29-14-8-7-13-28(29)31(37)34-33-22-24-16-19-27(20-17-24)36-30(25-11-5-2-6-12-25)21-26(35-36)18-15-23-9-3-1-4-10-23/h1-22,30,35H,(H,34,37). The van der Waals surface area contributed by atoms with E-state index in [1.54, 1.807) is 30.5 Å². The second-order valence-electron chi connectivity index (χ2n) is 8.47. The van der Waals surface area contributed by atoms with Crippen molar-refractivity contribution in [2.45, 2.75) is 6.04 Å².